The Bertz CT molecular complexity index is 1080. The van der Waals surface area contributed by atoms with Crippen LogP contribution >= 0.6 is 11.3 Å². The van der Waals surface area contributed by atoms with E-state index in [1.807, 2.05) is 6.07 Å². The summed E-state index contributed by atoms with van der Waals surface area (Å²) in [6, 6.07) is 15.2. The van der Waals surface area contributed by atoms with Crippen molar-refractivity contribution in [3.8, 4) is 0 Å². The van der Waals surface area contributed by atoms with Crippen molar-refractivity contribution < 1.29 is 4.79 Å². The molecule has 2 aliphatic carbocycles. The third-order valence-corrected chi connectivity index (χ3v) is 7.13. The predicted molar refractivity (Wildman–Crippen MR) is 119 cm³/mol. The van der Waals surface area contributed by atoms with Gasteiger partial charge in [0.2, 0.25) is 0 Å². The molecule has 0 spiro atoms. The Hall–Kier alpha value is -2.92. The molecular formula is C24H23N3OS. The monoisotopic (exact) mass is 401 g/mol. The highest BCUT2D eigenvalue weighted by Gasteiger charge is 2.39. The first-order chi connectivity index (χ1) is 14.2. The lowest BCUT2D eigenvalue weighted by Gasteiger charge is -2.33. The number of allylic oxidation sites excluding steroid dienone is 2. The zero-order valence-corrected chi connectivity index (χ0v) is 17.0. The maximum Gasteiger partial charge on any atom is 0.270 e. The van der Waals surface area contributed by atoms with Gasteiger partial charge in [0.15, 0.2) is 5.82 Å². The summed E-state index contributed by atoms with van der Waals surface area (Å²) in [5.74, 6) is 0.621. The number of hydrogen-bond acceptors (Lipinski definition) is 4. The van der Waals surface area contributed by atoms with Crippen molar-refractivity contribution in [2.75, 3.05) is 5.32 Å². The number of carbonyl (C=O) groups excluding carboxylic acids is 1. The van der Waals surface area contributed by atoms with Crippen molar-refractivity contribution in [3.05, 3.63) is 88.3 Å². The zero-order valence-electron chi connectivity index (χ0n) is 16.2. The Morgan fingerprint density at radius 1 is 1.24 bits per heavy atom. The lowest BCUT2D eigenvalue weighted by Crippen LogP contribution is -2.31. The van der Waals surface area contributed by atoms with Crippen molar-refractivity contribution in [3.63, 3.8) is 0 Å². The average Bonchev–Trinajstić information content (AvgIpc) is 3.39. The van der Waals surface area contributed by atoms with Crippen molar-refractivity contribution in [1.29, 1.82) is 0 Å². The molecule has 3 aromatic rings. The van der Waals surface area contributed by atoms with Gasteiger partial charge in [0.05, 0.1) is 11.1 Å². The van der Waals surface area contributed by atoms with Gasteiger partial charge in [-0.05, 0) is 42.3 Å². The summed E-state index contributed by atoms with van der Waals surface area (Å²) in [4.78, 5) is 13.9. The van der Waals surface area contributed by atoms with Crippen LogP contribution in [0.4, 0.5) is 5.82 Å². The van der Waals surface area contributed by atoms with Gasteiger partial charge in [0.25, 0.3) is 5.91 Å². The number of nitrogens with zero attached hydrogens (tertiary/aromatic N) is 2. The van der Waals surface area contributed by atoms with Crippen molar-refractivity contribution >= 4 is 29.1 Å². The maximum atomic E-state index is 12.6. The second kappa shape index (κ2) is 7.16. The minimum Gasteiger partial charge on any atom is -0.365 e. The minimum absolute atomic E-state index is 0.189. The number of anilines is 1. The van der Waals surface area contributed by atoms with Crippen LogP contribution in [-0.2, 0) is 11.8 Å². The first kappa shape index (κ1) is 18.1. The van der Waals surface area contributed by atoms with Gasteiger partial charge in [0.1, 0.15) is 0 Å². The van der Waals surface area contributed by atoms with E-state index in [1.54, 1.807) is 11.3 Å². The van der Waals surface area contributed by atoms with E-state index in [4.69, 9.17) is 0 Å². The van der Waals surface area contributed by atoms with Gasteiger partial charge >= 0.3 is 0 Å². The van der Waals surface area contributed by atoms with Crippen molar-refractivity contribution in [1.82, 2.24) is 9.78 Å². The molecule has 0 amide bonds. The molecule has 1 fully saturated rings. The molecule has 0 saturated heterocycles. The molecule has 146 valence electrons. The van der Waals surface area contributed by atoms with Gasteiger partial charge in [-0.2, -0.15) is 4.68 Å². The molecule has 1 aromatic carbocycles. The van der Waals surface area contributed by atoms with Crippen LogP contribution in [0.15, 0.2) is 66.6 Å². The van der Waals surface area contributed by atoms with E-state index in [0.717, 1.165) is 29.9 Å². The number of rotatable bonds is 5. The number of aromatic nitrogens is 2. The first-order valence-electron chi connectivity index (χ1n) is 10.1. The highest BCUT2D eigenvalue weighted by atomic mass is 32.1. The average molecular weight is 402 g/mol. The van der Waals surface area contributed by atoms with Crippen LogP contribution < -0.4 is 5.32 Å². The van der Waals surface area contributed by atoms with Gasteiger partial charge in [-0.1, -0.05) is 55.1 Å². The summed E-state index contributed by atoms with van der Waals surface area (Å²) in [7, 11) is 0. The molecule has 29 heavy (non-hydrogen) atoms. The molecule has 1 unspecified atom stereocenters. The van der Waals surface area contributed by atoms with E-state index in [2.05, 4.69) is 70.9 Å². The van der Waals surface area contributed by atoms with Gasteiger partial charge < -0.3 is 5.32 Å². The maximum absolute atomic E-state index is 12.6. The number of nitrogens with one attached hydrogen (secondary N) is 1. The molecule has 0 aliphatic heterocycles. The largest absolute Gasteiger partial charge is 0.365 e. The Kier molecular flexibility index (Phi) is 4.47. The SMILES string of the molecule is C=CC(=O)n1nc(NC2CCC2)c2c1CC(c1ccccc1)(c1cccs1)C=C2. The number of benzene rings is 1. The number of carbonyl (C=O) groups is 1. The fourth-order valence-corrected chi connectivity index (χ4v) is 5.19. The quantitative estimate of drug-likeness (QED) is 0.591. The highest BCUT2D eigenvalue weighted by Crippen LogP contribution is 2.45. The summed E-state index contributed by atoms with van der Waals surface area (Å²) >= 11 is 1.75. The second-order valence-electron chi connectivity index (χ2n) is 7.76. The van der Waals surface area contributed by atoms with Crippen LogP contribution in [0.2, 0.25) is 0 Å². The molecule has 4 nitrogen and oxygen atoms in total. The van der Waals surface area contributed by atoms with E-state index < -0.39 is 0 Å². The summed E-state index contributed by atoms with van der Waals surface area (Å²) in [6.45, 7) is 3.68. The summed E-state index contributed by atoms with van der Waals surface area (Å²) in [5.41, 5.74) is 2.87. The molecule has 2 heterocycles. The standard InChI is InChI=1S/C24H23N3OS/c1-2-22(28)27-20-16-24(21-12-7-15-29-21,17-8-4-3-5-9-17)14-13-19(20)23(26-27)25-18-10-6-11-18/h2-5,7-9,12-15,18H,1,6,10-11,16H2,(H,25,26). The van der Waals surface area contributed by atoms with Crippen molar-refractivity contribution in [2.45, 2.75) is 37.1 Å². The lowest BCUT2D eigenvalue weighted by atomic mass is 9.72. The van der Waals surface area contributed by atoms with Crippen LogP contribution in [0, 0.1) is 0 Å². The van der Waals surface area contributed by atoms with Crippen LogP contribution in [0.3, 0.4) is 0 Å². The third kappa shape index (κ3) is 2.97. The summed E-state index contributed by atoms with van der Waals surface area (Å²) < 4.78 is 1.54. The van der Waals surface area contributed by atoms with Gasteiger partial charge in [0, 0.05) is 22.9 Å². The van der Waals surface area contributed by atoms with E-state index in [1.165, 1.54) is 27.6 Å². The molecule has 1 atom stereocenters. The Labute approximate surface area is 174 Å². The highest BCUT2D eigenvalue weighted by molar-refractivity contribution is 7.10. The fraction of sp³-hybridized carbons (Fsp3) is 0.250. The van der Waals surface area contributed by atoms with Crippen LogP contribution in [0.1, 0.15) is 45.8 Å². The second-order valence-corrected chi connectivity index (χ2v) is 8.71. The van der Waals surface area contributed by atoms with E-state index >= 15 is 0 Å². The Balaban J connectivity index is 1.65. The van der Waals surface area contributed by atoms with Gasteiger partial charge in [-0.3, -0.25) is 4.79 Å². The van der Waals surface area contributed by atoms with Crippen LogP contribution in [0.5, 0.6) is 0 Å². The number of fused-ring (bicyclic) bond motifs is 1. The van der Waals surface area contributed by atoms with E-state index in [0.29, 0.717) is 12.5 Å². The molecule has 0 radical (unpaired) electrons. The molecular weight excluding hydrogens is 378 g/mol. The molecule has 1 saturated carbocycles. The Morgan fingerprint density at radius 2 is 2.07 bits per heavy atom. The van der Waals surface area contributed by atoms with Crippen molar-refractivity contribution in [2.24, 2.45) is 0 Å². The number of hydrogen-bond donors (Lipinski definition) is 1. The lowest BCUT2D eigenvalue weighted by molar-refractivity contribution is 0.0950. The molecule has 1 N–H and O–H groups in total. The fourth-order valence-electron chi connectivity index (χ4n) is 4.26. The van der Waals surface area contributed by atoms with Crippen LogP contribution in [-0.4, -0.2) is 21.7 Å². The molecule has 2 aromatic heterocycles. The van der Waals surface area contributed by atoms with Gasteiger partial charge in [-0.25, -0.2) is 0 Å². The number of thiophene rings is 1. The minimum atomic E-state index is -0.310. The zero-order chi connectivity index (χ0) is 19.8. The Morgan fingerprint density at radius 3 is 2.72 bits per heavy atom. The topological polar surface area (TPSA) is 46.9 Å². The van der Waals surface area contributed by atoms with E-state index in [-0.39, 0.29) is 11.3 Å². The molecule has 5 heteroatoms. The first-order valence-corrected chi connectivity index (χ1v) is 10.9. The van der Waals surface area contributed by atoms with Crippen LogP contribution in [0.25, 0.3) is 6.08 Å². The summed E-state index contributed by atoms with van der Waals surface area (Å²) in [6.07, 6.45) is 10.0. The smallest absolute Gasteiger partial charge is 0.270 e. The predicted octanol–water partition coefficient (Wildman–Crippen LogP) is 5.29. The molecule has 2 aliphatic rings. The molecule has 0 bridgehead atoms. The summed E-state index contributed by atoms with van der Waals surface area (Å²) in [5, 5.41) is 10.3. The normalized spacial score (nSPS) is 20.7. The molecule has 5 rings (SSSR count). The third-order valence-electron chi connectivity index (χ3n) is 6.08. The van der Waals surface area contributed by atoms with E-state index in [9.17, 15) is 4.79 Å². The van der Waals surface area contributed by atoms with Gasteiger partial charge in [-0.15, -0.1) is 16.4 Å².